The molecule has 1 aliphatic heterocycles. The Morgan fingerprint density at radius 3 is 2.38 bits per heavy atom. The zero-order valence-corrected chi connectivity index (χ0v) is 22.7. The van der Waals surface area contributed by atoms with Gasteiger partial charge in [0.15, 0.2) is 0 Å². The van der Waals surface area contributed by atoms with Gasteiger partial charge in [0.05, 0.1) is 23.3 Å². The summed E-state index contributed by atoms with van der Waals surface area (Å²) in [6.45, 7) is 6.58. The van der Waals surface area contributed by atoms with Gasteiger partial charge in [0.2, 0.25) is 0 Å². The van der Waals surface area contributed by atoms with Gasteiger partial charge < -0.3 is 18.9 Å². The first kappa shape index (κ1) is 27.4. The normalized spacial score (nSPS) is 13.8. The number of nitrogens with zero attached hydrogens (tertiary/aromatic N) is 3. The van der Waals surface area contributed by atoms with Crippen LogP contribution in [0, 0.1) is 0 Å². The summed E-state index contributed by atoms with van der Waals surface area (Å²) >= 11 is 0. The average Bonchev–Trinajstić information content (AvgIpc) is 3.17. The van der Waals surface area contributed by atoms with E-state index < -0.39 is 17.3 Å². The van der Waals surface area contributed by atoms with Crippen LogP contribution in [0.25, 0.3) is 16.6 Å². The van der Waals surface area contributed by atoms with Gasteiger partial charge in [-0.2, -0.15) is 13.2 Å². The van der Waals surface area contributed by atoms with Crippen molar-refractivity contribution >= 4 is 17.0 Å². The predicted molar refractivity (Wildman–Crippen MR) is 145 cm³/mol. The van der Waals surface area contributed by atoms with E-state index in [-0.39, 0.29) is 18.3 Å². The minimum absolute atomic E-state index is 0.0305. The van der Waals surface area contributed by atoms with Crippen LogP contribution in [0.4, 0.5) is 18.0 Å². The Kier molecular flexibility index (Phi) is 6.89. The molecule has 0 aliphatic carbocycles. The number of rotatable bonds is 4. The monoisotopic (exact) mass is 553 g/mol. The lowest BCUT2D eigenvalue weighted by Crippen LogP contribution is -2.40. The fourth-order valence-electron chi connectivity index (χ4n) is 4.91. The smallest absolute Gasteiger partial charge is 0.416 e. The van der Waals surface area contributed by atoms with Crippen LogP contribution in [0.1, 0.15) is 43.2 Å². The van der Waals surface area contributed by atoms with E-state index in [9.17, 15) is 22.8 Å². The molecule has 4 aromatic rings. The van der Waals surface area contributed by atoms with Crippen molar-refractivity contribution in [1.82, 2.24) is 14.0 Å². The highest BCUT2D eigenvalue weighted by Crippen LogP contribution is 2.32. The maximum Gasteiger partial charge on any atom is 0.416 e. The van der Waals surface area contributed by atoms with Crippen molar-refractivity contribution in [1.29, 1.82) is 0 Å². The van der Waals surface area contributed by atoms with E-state index in [1.54, 1.807) is 17.2 Å². The van der Waals surface area contributed by atoms with E-state index in [0.29, 0.717) is 36.5 Å². The lowest BCUT2D eigenvalue weighted by molar-refractivity contribution is -0.137. The number of fused-ring (bicyclic) bond motifs is 3. The third kappa shape index (κ3) is 5.57. The Labute approximate surface area is 229 Å². The van der Waals surface area contributed by atoms with Crippen LogP contribution < -0.4 is 10.3 Å². The second-order valence-corrected chi connectivity index (χ2v) is 10.9. The van der Waals surface area contributed by atoms with E-state index in [4.69, 9.17) is 9.47 Å². The Morgan fingerprint density at radius 2 is 1.73 bits per heavy atom. The second-order valence-electron chi connectivity index (χ2n) is 10.9. The number of carbonyl (C=O) groups is 1. The van der Waals surface area contributed by atoms with Crippen LogP contribution in [0.3, 0.4) is 0 Å². The highest BCUT2D eigenvalue weighted by molar-refractivity contribution is 5.88. The van der Waals surface area contributed by atoms with Crippen molar-refractivity contribution < 1.29 is 27.4 Å². The third-order valence-electron chi connectivity index (χ3n) is 6.90. The summed E-state index contributed by atoms with van der Waals surface area (Å²) in [7, 11) is 1.98. The molecule has 0 bridgehead atoms. The van der Waals surface area contributed by atoms with E-state index >= 15 is 0 Å². The molecule has 1 aliphatic rings. The van der Waals surface area contributed by atoms with Crippen LogP contribution in [-0.4, -0.2) is 32.3 Å². The minimum atomic E-state index is -4.40. The average molecular weight is 554 g/mol. The molecule has 0 N–H and O–H groups in total. The number of carbonyl (C=O) groups excluding carboxylic acids is 1. The zero-order valence-electron chi connectivity index (χ0n) is 22.7. The molecular formula is C30H30F3N3O4. The number of alkyl halides is 3. The molecule has 40 heavy (non-hydrogen) atoms. The SMILES string of the molecule is Cn1c2c(c3ccc(-n4ccc(OCc5ccc(C(F)(F)F)cc5)cc4=O)cc31)CN(C(=O)OC(C)(C)C)CC2. The van der Waals surface area contributed by atoms with Gasteiger partial charge in [0.25, 0.3) is 5.56 Å². The molecule has 0 fully saturated rings. The number of hydrogen-bond donors (Lipinski definition) is 0. The quantitative estimate of drug-likeness (QED) is 0.301. The molecule has 0 saturated heterocycles. The van der Waals surface area contributed by atoms with Gasteiger partial charge >= 0.3 is 12.3 Å². The molecule has 0 spiro atoms. The first-order valence-corrected chi connectivity index (χ1v) is 12.9. The van der Waals surface area contributed by atoms with Gasteiger partial charge in [-0.05, 0) is 56.7 Å². The van der Waals surface area contributed by atoms with Crippen molar-refractivity contribution in [3.8, 4) is 11.4 Å². The van der Waals surface area contributed by atoms with Crippen molar-refractivity contribution in [3.63, 3.8) is 0 Å². The standard InChI is InChI=1S/C30H30F3N3O4/c1-29(2,3)40-28(38)35-13-12-25-24(17-35)23-10-9-21(15-26(23)34(25)4)36-14-11-22(16-27(36)37)39-18-19-5-7-20(8-6-19)30(31,32)33/h5-11,14-16H,12-13,17-18H2,1-4H3. The van der Waals surface area contributed by atoms with Crippen LogP contribution >= 0.6 is 0 Å². The van der Waals surface area contributed by atoms with Crippen LogP contribution in [0.15, 0.2) is 65.6 Å². The molecule has 0 atom stereocenters. The Bertz CT molecular complexity index is 1630. The number of pyridine rings is 1. The first-order valence-electron chi connectivity index (χ1n) is 12.9. The highest BCUT2D eigenvalue weighted by Gasteiger charge is 2.30. The van der Waals surface area contributed by atoms with Gasteiger partial charge in [0, 0.05) is 48.9 Å². The Hall–Kier alpha value is -4.21. The Balaban J connectivity index is 1.34. The van der Waals surface area contributed by atoms with Gasteiger partial charge in [-0.25, -0.2) is 4.79 Å². The summed E-state index contributed by atoms with van der Waals surface area (Å²) in [5.41, 5.74) is 2.79. The second kappa shape index (κ2) is 10.1. The van der Waals surface area contributed by atoms with E-state index in [2.05, 4.69) is 4.57 Å². The molecule has 210 valence electrons. The number of halogens is 3. The molecule has 2 aromatic carbocycles. The van der Waals surface area contributed by atoms with Crippen LogP contribution in [-0.2, 0) is 37.5 Å². The molecule has 0 unspecified atom stereocenters. The fraction of sp³-hybridized carbons (Fsp3) is 0.333. The summed E-state index contributed by atoms with van der Waals surface area (Å²) in [6, 6.07) is 13.5. The molecule has 5 rings (SSSR count). The maximum atomic E-state index is 12.9. The van der Waals surface area contributed by atoms with Crippen molar-refractivity contribution in [3.05, 3.63) is 93.5 Å². The van der Waals surface area contributed by atoms with Gasteiger partial charge in [0.1, 0.15) is 18.0 Å². The van der Waals surface area contributed by atoms with Crippen molar-refractivity contribution in [2.24, 2.45) is 7.05 Å². The number of aromatic nitrogens is 2. The topological polar surface area (TPSA) is 65.7 Å². The number of aryl methyl sites for hydroxylation is 1. The van der Waals surface area contributed by atoms with Gasteiger partial charge in [-0.15, -0.1) is 0 Å². The summed E-state index contributed by atoms with van der Waals surface area (Å²) < 4.78 is 53.1. The lowest BCUT2D eigenvalue weighted by atomic mass is 10.0. The summed E-state index contributed by atoms with van der Waals surface area (Å²) in [5, 5.41) is 1.01. The van der Waals surface area contributed by atoms with Gasteiger partial charge in [-0.1, -0.05) is 18.2 Å². The van der Waals surface area contributed by atoms with Crippen LogP contribution in [0.5, 0.6) is 5.75 Å². The molecule has 0 saturated carbocycles. The highest BCUT2D eigenvalue weighted by atomic mass is 19.4. The lowest BCUT2D eigenvalue weighted by Gasteiger charge is -2.30. The molecule has 3 heterocycles. The third-order valence-corrected chi connectivity index (χ3v) is 6.90. The molecule has 10 heteroatoms. The molecule has 0 radical (unpaired) electrons. The summed E-state index contributed by atoms with van der Waals surface area (Å²) in [6.07, 6.45) is -2.43. The fourth-order valence-corrected chi connectivity index (χ4v) is 4.91. The van der Waals surface area contributed by atoms with Crippen molar-refractivity contribution in [2.75, 3.05) is 6.54 Å². The molecule has 1 amide bonds. The number of hydrogen-bond acceptors (Lipinski definition) is 4. The van der Waals surface area contributed by atoms with E-state index in [1.807, 2.05) is 46.0 Å². The minimum Gasteiger partial charge on any atom is -0.489 e. The number of amides is 1. The number of ether oxygens (including phenoxy) is 2. The van der Waals surface area contributed by atoms with Gasteiger partial charge in [-0.3, -0.25) is 9.36 Å². The molecular weight excluding hydrogens is 523 g/mol. The first-order chi connectivity index (χ1) is 18.8. The molecule has 2 aromatic heterocycles. The maximum absolute atomic E-state index is 12.9. The summed E-state index contributed by atoms with van der Waals surface area (Å²) in [5.74, 6) is 0.318. The van der Waals surface area contributed by atoms with Crippen molar-refractivity contribution in [2.45, 2.75) is 52.1 Å². The van der Waals surface area contributed by atoms with E-state index in [0.717, 1.165) is 34.3 Å². The number of benzene rings is 2. The Morgan fingerprint density at radius 1 is 1.00 bits per heavy atom. The largest absolute Gasteiger partial charge is 0.489 e. The zero-order chi connectivity index (χ0) is 28.8. The predicted octanol–water partition coefficient (Wildman–Crippen LogP) is 6.22. The molecule has 7 nitrogen and oxygen atoms in total. The van der Waals surface area contributed by atoms with E-state index in [1.165, 1.54) is 22.8 Å². The van der Waals surface area contributed by atoms with Crippen LogP contribution in [0.2, 0.25) is 0 Å². The summed E-state index contributed by atoms with van der Waals surface area (Å²) in [4.78, 5) is 27.3.